The van der Waals surface area contributed by atoms with Gasteiger partial charge in [-0.05, 0) is 36.4 Å². The molecule has 7 nitrogen and oxygen atoms in total. The first-order chi connectivity index (χ1) is 16.7. The van der Waals surface area contributed by atoms with Crippen LogP contribution >= 0.6 is 22.7 Å². The highest BCUT2D eigenvalue weighted by atomic mass is 32.1. The van der Waals surface area contributed by atoms with E-state index in [9.17, 15) is 4.79 Å². The molecule has 1 aliphatic rings. The highest BCUT2D eigenvalue weighted by Crippen LogP contribution is 2.26. The maximum atomic E-state index is 12.8. The largest absolute Gasteiger partial charge is 0.497 e. The summed E-state index contributed by atoms with van der Waals surface area (Å²) in [6, 6.07) is 11.9. The van der Waals surface area contributed by atoms with E-state index in [4.69, 9.17) is 9.72 Å². The molecule has 0 spiro atoms. The summed E-state index contributed by atoms with van der Waals surface area (Å²) >= 11 is 3.21. The number of benzene rings is 1. The standard InChI is InChI=1S/C25H25N5O2S2/c1-32-22-6-4-18(5-7-22)24-28-21(17-34-24)15-29-9-11-30(12-10-29)23(31)13-20-16-33-25(27-20)19-3-2-8-26-14-19/h2-8,14,16-17H,9-13,15H2,1H3. The van der Waals surface area contributed by atoms with E-state index >= 15 is 0 Å². The number of carbonyl (C=O) groups excluding carboxylic acids is 1. The van der Waals surface area contributed by atoms with Crippen molar-refractivity contribution >= 4 is 28.6 Å². The summed E-state index contributed by atoms with van der Waals surface area (Å²) in [7, 11) is 1.67. The molecule has 3 aromatic heterocycles. The molecule has 0 radical (unpaired) electrons. The number of hydrogen-bond acceptors (Lipinski definition) is 8. The van der Waals surface area contributed by atoms with Crippen LogP contribution in [0.2, 0.25) is 0 Å². The Morgan fingerprint density at radius 1 is 0.941 bits per heavy atom. The van der Waals surface area contributed by atoms with Crippen molar-refractivity contribution in [3.05, 3.63) is 70.9 Å². The van der Waals surface area contributed by atoms with Gasteiger partial charge in [0.2, 0.25) is 5.91 Å². The van der Waals surface area contributed by atoms with E-state index in [2.05, 4.69) is 20.2 Å². The van der Waals surface area contributed by atoms with Crippen molar-refractivity contribution in [2.75, 3.05) is 33.3 Å². The minimum absolute atomic E-state index is 0.137. The molecule has 0 atom stereocenters. The molecule has 9 heteroatoms. The quantitative estimate of drug-likeness (QED) is 0.385. The van der Waals surface area contributed by atoms with Gasteiger partial charge in [0.25, 0.3) is 0 Å². The van der Waals surface area contributed by atoms with Gasteiger partial charge in [0, 0.05) is 67.0 Å². The Labute approximate surface area is 206 Å². The number of nitrogens with zero attached hydrogens (tertiary/aromatic N) is 5. The van der Waals surface area contributed by atoms with Crippen molar-refractivity contribution in [3.8, 4) is 26.9 Å². The van der Waals surface area contributed by atoms with Crippen LogP contribution in [0.15, 0.2) is 59.6 Å². The fraction of sp³-hybridized carbons (Fsp3) is 0.280. The molecular formula is C25H25N5O2S2. The number of hydrogen-bond donors (Lipinski definition) is 0. The van der Waals surface area contributed by atoms with Gasteiger partial charge in [-0.1, -0.05) is 0 Å². The van der Waals surface area contributed by atoms with Gasteiger partial charge >= 0.3 is 0 Å². The Morgan fingerprint density at radius 3 is 2.35 bits per heavy atom. The molecule has 1 aromatic carbocycles. The third-order valence-corrected chi connectivity index (χ3v) is 7.67. The molecule has 0 aliphatic carbocycles. The number of piperazine rings is 1. The first kappa shape index (κ1) is 22.6. The second-order valence-electron chi connectivity index (χ2n) is 8.09. The highest BCUT2D eigenvalue weighted by molar-refractivity contribution is 7.13. The molecule has 174 valence electrons. The molecule has 4 aromatic rings. The molecule has 5 rings (SSSR count). The summed E-state index contributed by atoms with van der Waals surface area (Å²) in [6.45, 7) is 3.95. The van der Waals surface area contributed by atoms with Gasteiger partial charge < -0.3 is 9.64 Å². The first-order valence-electron chi connectivity index (χ1n) is 11.1. The number of ether oxygens (including phenoxy) is 1. The van der Waals surface area contributed by atoms with Crippen LogP contribution in [0.4, 0.5) is 0 Å². The molecule has 1 aliphatic heterocycles. The molecule has 1 saturated heterocycles. The van der Waals surface area contributed by atoms with Crippen LogP contribution < -0.4 is 4.74 Å². The van der Waals surface area contributed by atoms with Gasteiger partial charge in [0.05, 0.1) is 24.9 Å². The molecule has 0 unspecified atom stereocenters. The molecule has 0 N–H and O–H groups in total. The number of thiazole rings is 2. The van der Waals surface area contributed by atoms with E-state index in [0.717, 1.165) is 71.0 Å². The lowest BCUT2D eigenvalue weighted by Crippen LogP contribution is -2.48. The van der Waals surface area contributed by atoms with Crippen LogP contribution in [-0.2, 0) is 17.8 Å². The summed E-state index contributed by atoms with van der Waals surface area (Å²) < 4.78 is 5.23. The summed E-state index contributed by atoms with van der Waals surface area (Å²) in [4.78, 5) is 30.7. The lowest BCUT2D eigenvalue weighted by molar-refractivity contribution is -0.132. The maximum absolute atomic E-state index is 12.8. The Bertz CT molecular complexity index is 1230. The van der Waals surface area contributed by atoms with E-state index in [1.807, 2.05) is 46.7 Å². The summed E-state index contributed by atoms with van der Waals surface area (Å²) in [6.07, 6.45) is 3.88. The molecule has 0 bridgehead atoms. The first-order valence-corrected chi connectivity index (χ1v) is 12.9. The summed E-state index contributed by atoms with van der Waals surface area (Å²) in [5, 5.41) is 6.01. The number of amides is 1. The van der Waals surface area contributed by atoms with Crippen molar-refractivity contribution in [2.24, 2.45) is 0 Å². The predicted molar refractivity (Wildman–Crippen MR) is 135 cm³/mol. The van der Waals surface area contributed by atoms with Crippen LogP contribution in [0.3, 0.4) is 0 Å². The molecule has 1 amide bonds. The normalized spacial score (nSPS) is 14.3. The predicted octanol–water partition coefficient (Wildman–Crippen LogP) is 4.22. The van der Waals surface area contributed by atoms with Crippen LogP contribution in [-0.4, -0.2) is 63.9 Å². The zero-order valence-corrected chi connectivity index (χ0v) is 20.5. The van der Waals surface area contributed by atoms with Crippen molar-refractivity contribution in [2.45, 2.75) is 13.0 Å². The van der Waals surface area contributed by atoms with Crippen molar-refractivity contribution in [3.63, 3.8) is 0 Å². The lowest BCUT2D eigenvalue weighted by atomic mass is 10.2. The zero-order chi connectivity index (χ0) is 23.3. The summed E-state index contributed by atoms with van der Waals surface area (Å²) in [5.74, 6) is 0.981. The average molecular weight is 492 g/mol. The average Bonchev–Trinajstić information content (AvgIpc) is 3.55. The molecular weight excluding hydrogens is 466 g/mol. The minimum atomic E-state index is 0.137. The Kier molecular flexibility index (Phi) is 6.94. The number of methoxy groups -OCH3 is 1. The lowest BCUT2D eigenvalue weighted by Gasteiger charge is -2.34. The van der Waals surface area contributed by atoms with Crippen LogP contribution in [0.1, 0.15) is 11.4 Å². The molecule has 0 saturated carbocycles. The van der Waals surface area contributed by atoms with E-state index in [-0.39, 0.29) is 5.91 Å². The fourth-order valence-electron chi connectivity index (χ4n) is 3.91. The van der Waals surface area contributed by atoms with Crippen molar-refractivity contribution in [1.82, 2.24) is 24.8 Å². The van der Waals surface area contributed by atoms with Gasteiger partial charge in [-0.15, -0.1) is 22.7 Å². The van der Waals surface area contributed by atoms with Gasteiger partial charge in [0.1, 0.15) is 15.8 Å². The van der Waals surface area contributed by atoms with E-state index in [0.29, 0.717) is 6.42 Å². The Morgan fingerprint density at radius 2 is 1.65 bits per heavy atom. The highest BCUT2D eigenvalue weighted by Gasteiger charge is 2.22. The maximum Gasteiger partial charge on any atom is 0.228 e. The van der Waals surface area contributed by atoms with Gasteiger partial charge in [0.15, 0.2) is 0 Å². The monoisotopic (exact) mass is 491 g/mol. The minimum Gasteiger partial charge on any atom is -0.497 e. The third-order valence-electron chi connectivity index (χ3n) is 5.79. The van der Waals surface area contributed by atoms with Crippen LogP contribution in [0.5, 0.6) is 5.75 Å². The topological polar surface area (TPSA) is 71.5 Å². The Hall–Kier alpha value is -3.14. The number of rotatable bonds is 7. The second-order valence-corrected chi connectivity index (χ2v) is 9.81. The van der Waals surface area contributed by atoms with Crippen LogP contribution in [0.25, 0.3) is 21.1 Å². The van der Waals surface area contributed by atoms with E-state index < -0.39 is 0 Å². The van der Waals surface area contributed by atoms with Gasteiger partial charge in [-0.3, -0.25) is 14.7 Å². The zero-order valence-electron chi connectivity index (χ0n) is 18.9. The second kappa shape index (κ2) is 10.4. The Balaban J connectivity index is 1.11. The van der Waals surface area contributed by atoms with E-state index in [1.54, 1.807) is 42.2 Å². The third kappa shape index (κ3) is 5.32. The molecule has 4 heterocycles. The molecule has 34 heavy (non-hydrogen) atoms. The smallest absolute Gasteiger partial charge is 0.228 e. The number of carbonyl (C=O) groups is 1. The van der Waals surface area contributed by atoms with E-state index in [1.165, 1.54) is 0 Å². The fourth-order valence-corrected chi connectivity index (χ4v) is 5.53. The number of pyridine rings is 1. The van der Waals surface area contributed by atoms with Gasteiger partial charge in [-0.2, -0.15) is 0 Å². The van der Waals surface area contributed by atoms with Crippen molar-refractivity contribution in [1.29, 1.82) is 0 Å². The number of aromatic nitrogens is 3. The molecule has 1 fully saturated rings. The van der Waals surface area contributed by atoms with Crippen LogP contribution in [0, 0.1) is 0 Å². The summed E-state index contributed by atoms with van der Waals surface area (Å²) in [5.41, 5.74) is 3.98. The SMILES string of the molecule is COc1ccc(-c2nc(CN3CCN(C(=O)Cc4csc(-c5cccnc5)n4)CC3)cs2)cc1. The van der Waals surface area contributed by atoms with Crippen molar-refractivity contribution < 1.29 is 9.53 Å². The van der Waals surface area contributed by atoms with Gasteiger partial charge in [-0.25, -0.2) is 9.97 Å².